The van der Waals surface area contributed by atoms with E-state index in [1.165, 1.54) is 9.75 Å². The summed E-state index contributed by atoms with van der Waals surface area (Å²) in [6.45, 7) is 2.16. The van der Waals surface area contributed by atoms with E-state index in [4.69, 9.17) is 5.11 Å². The number of carbonyl (C=O) groups is 1. The van der Waals surface area contributed by atoms with E-state index in [1.54, 1.807) is 11.3 Å². The number of rotatable bonds is 4. The van der Waals surface area contributed by atoms with Gasteiger partial charge < -0.3 is 5.11 Å². The van der Waals surface area contributed by atoms with Crippen molar-refractivity contribution in [3.05, 3.63) is 21.9 Å². The second kappa shape index (κ2) is 3.73. The molecule has 3 heteroatoms. The lowest BCUT2D eigenvalue weighted by molar-refractivity contribution is -0.138. The first-order valence-corrected chi connectivity index (χ1v) is 5.85. The van der Waals surface area contributed by atoms with Crippen molar-refractivity contribution in [2.24, 2.45) is 5.92 Å². The summed E-state index contributed by atoms with van der Waals surface area (Å²) in [6, 6.07) is 4.24. The van der Waals surface area contributed by atoms with E-state index in [1.807, 2.05) is 0 Å². The average molecular weight is 210 g/mol. The van der Waals surface area contributed by atoms with Gasteiger partial charge in [-0.2, -0.15) is 0 Å². The maximum absolute atomic E-state index is 10.7. The predicted molar refractivity (Wildman–Crippen MR) is 56.8 cm³/mol. The molecule has 76 valence electrons. The third-order valence-corrected chi connectivity index (χ3v) is 3.93. The van der Waals surface area contributed by atoms with Gasteiger partial charge >= 0.3 is 5.97 Å². The van der Waals surface area contributed by atoms with Crippen molar-refractivity contribution in [3.8, 4) is 0 Å². The summed E-state index contributed by atoms with van der Waals surface area (Å²) in [5, 5.41) is 8.80. The summed E-state index contributed by atoms with van der Waals surface area (Å²) in [7, 11) is 0. The molecule has 1 saturated carbocycles. The number of hydrogen-bond acceptors (Lipinski definition) is 2. The first-order valence-electron chi connectivity index (χ1n) is 5.03. The molecular weight excluding hydrogens is 196 g/mol. The highest BCUT2D eigenvalue weighted by molar-refractivity contribution is 7.12. The maximum Gasteiger partial charge on any atom is 0.307 e. The third kappa shape index (κ3) is 1.82. The molecule has 0 aromatic carbocycles. The Morgan fingerprint density at radius 1 is 1.64 bits per heavy atom. The molecule has 1 heterocycles. The first kappa shape index (κ1) is 9.71. The Morgan fingerprint density at radius 2 is 2.43 bits per heavy atom. The van der Waals surface area contributed by atoms with E-state index in [0.29, 0.717) is 5.92 Å². The molecule has 1 fully saturated rings. The summed E-state index contributed by atoms with van der Waals surface area (Å²) in [5.41, 5.74) is 0. The van der Waals surface area contributed by atoms with Crippen molar-refractivity contribution in [2.45, 2.75) is 32.1 Å². The van der Waals surface area contributed by atoms with E-state index in [2.05, 4.69) is 19.1 Å². The molecule has 2 rings (SSSR count). The van der Waals surface area contributed by atoms with E-state index < -0.39 is 5.97 Å². The van der Waals surface area contributed by atoms with Crippen molar-refractivity contribution in [1.29, 1.82) is 0 Å². The quantitative estimate of drug-likeness (QED) is 0.829. The topological polar surface area (TPSA) is 37.3 Å². The van der Waals surface area contributed by atoms with Crippen LogP contribution in [-0.4, -0.2) is 11.1 Å². The van der Waals surface area contributed by atoms with E-state index in [9.17, 15) is 4.79 Å². The van der Waals surface area contributed by atoms with Crippen LogP contribution in [-0.2, 0) is 11.2 Å². The van der Waals surface area contributed by atoms with Gasteiger partial charge in [0, 0.05) is 15.7 Å². The molecule has 0 amide bonds. The minimum absolute atomic E-state index is 0.108. The van der Waals surface area contributed by atoms with Crippen LogP contribution in [0.3, 0.4) is 0 Å². The van der Waals surface area contributed by atoms with Gasteiger partial charge in [0.2, 0.25) is 0 Å². The minimum atomic E-state index is -0.638. The zero-order chi connectivity index (χ0) is 10.1. The smallest absolute Gasteiger partial charge is 0.307 e. The van der Waals surface area contributed by atoms with Crippen LogP contribution in [0.5, 0.6) is 0 Å². The lowest BCUT2D eigenvalue weighted by Gasteiger charge is -1.91. The second-order valence-electron chi connectivity index (χ2n) is 3.84. The molecule has 1 N–H and O–H groups in total. The molecule has 2 nitrogen and oxygen atoms in total. The summed E-state index contributed by atoms with van der Waals surface area (Å²) >= 11 is 1.79. The Bertz CT molecular complexity index is 343. The number of carboxylic acid groups (broad SMARTS) is 1. The fourth-order valence-corrected chi connectivity index (χ4v) is 3.05. The lowest BCUT2D eigenvalue weighted by Crippen LogP contribution is -1.97. The van der Waals surface area contributed by atoms with Crippen molar-refractivity contribution >= 4 is 17.3 Å². The molecule has 14 heavy (non-hydrogen) atoms. The summed E-state index contributed by atoms with van der Waals surface area (Å²) in [5.74, 6) is -0.438. The highest BCUT2D eigenvalue weighted by Gasteiger charge is 2.44. The molecule has 2 atom stereocenters. The molecule has 1 aliphatic rings. The number of aliphatic carboxylic acids is 1. The predicted octanol–water partition coefficient (Wildman–Crippen LogP) is 2.89. The van der Waals surface area contributed by atoms with Crippen LogP contribution in [0, 0.1) is 5.92 Å². The molecule has 0 aliphatic heterocycles. The Kier molecular flexibility index (Phi) is 2.59. The second-order valence-corrected chi connectivity index (χ2v) is 5.04. The van der Waals surface area contributed by atoms with E-state index in [0.717, 1.165) is 19.3 Å². The van der Waals surface area contributed by atoms with Gasteiger partial charge in [0.05, 0.1) is 5.92 Å². The number of hydrogen-bond donors (Lipinski definition) is 1. The number of aryl methyl sites for hydroxylation is 1. The van der Waals surface area contributed by atoms with Gasteiger partial charge in [-0.1, -0.05) is 13.3 Å². The van der Waals surface area contributed by atoms with Crippen molar-refractivity contribution < 1.29 is 9.90 Å². The third-order valence-electron chi connectivity index (χ3n) is 2.65. The Hall–Kier alpha value is -0.830. The van der Waals surface area contributed by atoms with Gasteiger partial charge in [0.1, 0.15) is 0 Å². The van der Waals surface area contributed by atoms with Crippen molar-refractivity contribution in [2.75, 3.05) is 0 Å². The molecule has 1 aromatic rings. The monoisotopic (exact) mass is 210 g/mol. The van der Waals surface area contributed by atoms with Gasteiger partial charge in [-0.3, -0.25) is 4.79 Å². The van der Waals surface area contributed by atoms with Gasteiger partial charge in [0.15, 0.2) is 0 Å². The summed E-state index contributed by atoms with van der Waals surface area (Å²) < 4.78 is 0. The molecule has 0 radical (unpaired) electrons. The van der Waals surface area contributed by atoms with Crippen LogP contribution in [0.4, 0.5) is 0 Å². The molecule has 0 spiro atoms. The van der Waals surface area contributed by atoms with Crippen LogP contribution < -0.4 is 0 Å². The fourth-order valence-electron chi connectivity index (χ4n) is 1.76. The minimum Gasteiger partial charge on any atom is -0.481 e. The van der Waals surface area contributed by atoms with Crippen molar-refractivity contribution in [1.82, 2.24) is 0 Å². The molecule has 1 aliphatic carbocycles. The Labute approximate surface area is 87.6 Å². The van der Waals surface area contributed by atoms with Crippen LogP contribution in [0.25, 0.3) is 0 Å². The fraction of sp³-hybridized carbons (Fsp3) is 0.545. The standard InChI is InChI=1S/C11H14O2S/c1-2-3-7-4-5-10(14-7)8-6-9(8)11(12)13/h4-5,8-9H,2-3,6H2,1H3,(H,12,13)/t8-,9-/m1/s1. The maximum atomic E-state index is 10.7. The normalized spacial score (nSPS) is 24.9. The lowest BCUT2D eigenvalue weighted by atomic mass is 10.2. The van der Waals surface area contributed by atoms with E-state index in [-0.39, 0.29) is 5.92 Å². The Balaban J connectivity index is 2.01. The molecule has 0 bridgehead atoms. The van der Waals surface area contributed by atoms with E-state index >= 15 is 0 Å². The highest BCUT2D eigenvalue weighted by atomic mass is 32.1. The van der Waals surface area contributed by atoms with Gasteiger partial charge in [-0.25, -0.2) is 0 Å². The zero-order valence-corrected chi connectivity index (χ0v) is 9.01. The summed E-state index contributed by atoms with van der Waals surface area (Å²) in [6.07, 6.45) is 3.11. The number of thiophene rings is 1. The molecular formula is C11H14O2S. The van der Waals surface area contributed by atoms with Crippen LogP contribution in [0.15, 0.2) is 12.1 Å². The van der Waals surface area contributed by atoms with Gasteiger partial charge in [-0.15, -0.1) is 11.3 Å². The zero-order valence-electron chi connectivity index (χ0n) is 8.19. The highest BCUT2D eigenvalue weighted by Crippen LogP contribution is 2.49. The molecule has 0 unspecified atom stereocenters. The van der Waals surface area contributed by atoms with Gasteiger partial charge in [-0.05, 0) is 25.0 Å². The first-order chi connectivity index (χ1) is 6.72. The average Bonchev–Trinajstić information content (AvgIpc) is 2.82. The van der Waals surface area contributed by atoms with Crippen molar-refractivity contribution in [3.63, 3.8) is 0 Å². The SMILES string of the molecule is CCCc1ccc([C@@H]2C[C@H]2C(=O)O)s1. The Morgan fingerprint density at radius 3 is 3.00 bits per heavy atom. The van der Waals surface area contributed by atoms with Crippen LogP contribution in [0.2, 0.25) is 0 Å². The largest absolute Gasteiger partial charge is 0.481 e. The number of carboxylic acids is 1. The molecule has 1 aromatic heterocycles. The van der Waals surface area contributed by atoms with Gasteiger partial charge in [0.25, 0.3) is 0 Å². The van der Waals surface area contributed by atoms with Crippen LogP contribution >= 0.6 is 11.3 Å². The molecule has 0 saturated heterocycles. The summed E-state index contributed by atoms with van der Waals surface area (Å²) in [4.78, 5) is 13.3. The van der Waals surface area contributed by atoms with Crippen LogP contribution in [0.1, 0.15) is 35.4 Å².